The van der Waals surface area contributed by atoms with Gasteiger partial charge in [0.2, 0.25) is 5.91 Å². The van der Waals surface area contributed by atoms with Gasteiger partial charge in [0.25, 0.3) is 0 Å². The molecule has 0 aromatic carbocycles. The van der Waals surface area contributed by atoms with Crippen molar-refractivity contribution < 1.29 is 14.7 Å². The highest BCUT2D eigenvalue weighted by molar-refractivity contribution is 5.85. The smallest absolute Gasteiger partial charge is 0.307 e. The van der Waals surface area contributed by atoms with Crippen LogP contribution in [0.5, 0.6) is 0 Å². The van der Waals surface area contributed by atoms with E-state index < -0.39 is 11.9 Å². The molecule has 1 saturated carbocycles. The van der Waals surface area contributed by atoms with Crippen molar-refractivity contribution in [2.75, 3.05) is 7.05 Å². The van der Waals surface area contributed by atoms with E-state index >= 15 is 0 Å². The van der Waals surface area contributed by atoms with Crippen LogP contribution < -0.4 is 0 Å². The van der Waals surface area contributed by atoms with E-state index in [1.165, 1.54) is 0 Å². The van der Waals surface area contributed by atoms with Crippen LogP contribution in [-0.4, -0.2) is 33.9 Å². The standard InChI is InChI=1S/C15H20N2O3/c1-10-5-3-6-11(16-10)9-17(2)14(18)12-7-4-8-13(12)15(19)20/h3,5-6,12-13H,4,7-9H2,1-2H3,(H,19,20)/t12-,13+/m1/s1. The van der Waals surface area contributed by atoms with Gasteiger partial charge < -0.3 is 10.0 Å². The maximum Gasteiger partial charge on any atom is 0.307 e. The summed E-state index contributed by atoms with van der Waals surface area (Å²) in [6.45, 7) is 2.33. The summed E-state index contributed by atoms with van der Waals surface area (Å²) in [6, 6.07) is 5.69. The van der Waals surface area contributed by atoms with Crippen LogP contribution >= 0.6 is 0 Å². The molecule has 1 aliphatic carbocycles. The lowest BCUT2D eigenvalue weighted by atomic mass is 9.95. The van der Waals surface area contributed by atoms with Crippen molar-refractivity contribution in [1.29, 1.82) is 0 Å². The molecule has 0 bridgehead atoms. The first-order valence-electron chi connectivity index (χ1n) is 6.89. The van der Waals surface area contributed by atoms with Crippen LogP contribution in [0, 0.1) is 18.8 Å². The Labute approximate surface area is 118 Å². The number of aliphatic carboxylic acids is 1. The highest BCUT2D eigenvalue weighted by Crippen LogP contribution is 2.33. The molecule has 1 aromatic rings. The lowest BCUT2D eigenvalue weighted by Crippen LogP contribution is -2.36. The molecule has 0 spiro atoms. The SMILES string of the molecule is Cc1cccc(CN(C)C(=O)[C@@H]2CCC[C@@H]2C(=O)O)n1. The van der Waals surface area contributed by atoms with Crippen molar-refractivity contribution >= 4 is 11.9 Å². The van der Waals surface area contributed by atoms with E-state index in [1.54, 1.807) is 11.9 Å². The quantitative estimate of drug-likeness (QED) is 0.911. The Kier molecular flexibility index (Phi) is 4.37. The molecule has 1 aromatic heterocycles. The highest BCUT2D eigenvalue weighted by Gasteiger charge is 2.38. The van der Waals surface area contributed by atoms with Gasteiger partial charge in [-0.05, 0) is 31.9 Å². The molecular formula is C15H20N2O3. The largest absolute Gasteiger partial charge is 0.481 e. The van der Waals surface area contributed by atoms with Gasteiger partial charge in [0.05, 0.1) is 24.1 Å². The Hall–Kier alpha value is -1.91. The first-order chi connectivity index (χ1) is 9.49. The molecule has 0 saturated heterocycles. The van der Waals surface area contributed by atoms with Gasteiger partial charge in [0.1, 0.15) is 0 Å². The molecular weight excluding hydrogens is 256 g/mol. The molecule has 108 valence electrons. The molecule has 0 aliphatic heterocycles. The molecule has 0 radical (unpaired) electrons. The summed E-state index contributed by atoms with van der Waals surface area (Å²) in [6.07, 6.45) is 2.08. The first-order valence-corrected chi connectivity index (χ1v) is 6.89. The zero-order chi connectivity index (χ0) is 14.7. The number of carboxylic acid groups (broad SMARTS) is 1. The van der Waals surface area contributed by atoms with Gasteiger partial charge in [-0.25, -0.2) is 0 Å². The maximum absolute atomic E-state index is 12.4. The molecule has 5 heteroatoms. The summed E-state index contributed by atoms with van der Waals surface area (Å²) in [4.78, 5) is 29.5. The zero-order valence-electron chi connectivity index (χ0n) is 11.9. The number of carbonyl (C=O) groups is 2. The third-order valence-electron chi connectivity index (χ3n) is 3.87. The predicted molar refractivity (Wildman–Crippen MR) is 73.9 cm³/mol. The van der Waals surface area contributed by atoms with Crippen LogP contribution in [-0.2, 0) is 16.1 Å². The van der Waals surface area contributed by atoms with E-state index in [9.17, 15) is 9.59 Å². The van der Waals surface area contributed by atoms with E-state index in [1.807, 2.05) is 25.1 Å². The Morgan fingerprint density at radius 1 is 1.35 bits per heavy atom. The minimum atomic E-state index is -0.858. The molecule has 20 heavy (non-hydrogen) atoms. The fraction of sp³-hybridized carbons (Fsp3) is 0.533. The predicted octanol–water partition coefficient (Wildman–Crippen LogP) is 1.85. The van der Waals surface area contributed by atoms with E-state index in [4.69, 9.17) is 5.11 Å². The summed E-state index contributed by atoms with van der Waals surface area (Å²) in [7, 11) is 1.71. The first kappa shape index (κ1) is 14.5. The van der Waals surface area contributed by atoms with Crippen molar-refractivity contribution in [3.05, 3.63) is 29.6 Å². The highest BCUT2D eigenvalue weighted by atomic mass is 16.4. The summed E-state index contributed by atoms with van der Waals surface area (Å²) >= 11 is 0. The fourth-order valence-electron chi connectivity index (χ4n) is 2.84. The molecule has 0 unspecified atom stereocenters. The molecule has 1 amide bonds. The van der Waals surface area contributed by atoms with Crippen LogP contribution in [0.15, 0.2) is 18.2 Å². The van der Waals surface area contributed by atoms with Gasteiger partial charge >= 0.3 is 5.97 Å². The summed E-state index contributed by atoms with van der Waals surface area (Å²) in [5.41, 5.74) is 1.73. The average Bonchev–Trinajstić information content (AvgIpc) is 2.87. The van der Waals surface area contributed by atoms with Gasteiger partial charge in [-0.3, -0.25) is 14.6 Å². The zero-order valence-corrected chi connectivity index (χ0v) is 11.9. The third-order valence-corrected chi connectivity index (χ3v) is 3.87. The molecule has 2 rings (SSSR count). The molecule has 1 fully saturated rings. The van der Waals surface area contributed by atoms with Crippen LogP contribution in [0.1, 0.15) is 30.7 Å². The van der Waals surface area contributed by atoms with Crippen LogP contribution in [0.25, 0.3) is 0 Å². The molecule has 1 heterocycles. The van der Waals surface area contributed by atoms with Gasteiger partial charge in [0, 0.05) is 12.7 Å². The van der Waals surface area contributed by atoms with Gasteiger partial charge in [-0.1, -0.05) is 12.5 Å². The number of hydrogen-bond acceptors (Lipinski definition) is 3. The molecule has 2 atom stereocenters. The molecule has 1 N–H and O–H groups in total. The maximum atomic E-state index is 12.4. The Morgan fingerprint density at radius 3 is 2.70 bits per heavy atom. The number of hydrogen-bond donors (Lipinski definition) is 1. The van der Waals surface area contributed by atoms with Crippen LogP contribution in [0.4, 0.5) is 0 Å². The van der Waals surface area contributed by atoms with Crippen molar-refractivity contribution in [2.24, 2.45) is 11.8 Å². The number of carboxylic acids is 1. The Morgan fingerprint density at radius 2 is 2.05 bits per heavy atom. The Bertz CT molecular complexity index is 516. The minimum Gasteiger partial charge on any atom is -0.481 e. The number of carbonyl (C=O) groups excluding carboxylic acids is 1. The molecule has 1 aliphatic rings. The van der Waals surface area contributed by atoms with E-state index in [-0.39, 0.29) is 11.8 Å². The normalized spacial score (nSPS) is 21.7. The van der Waals surface area contributed by atoms with Gasteiger partial charge in [0.15, 0.2) is 0 Å². The summed E-state index contributed by atoms with van der Waals surface area (Å²) in [5.74, 6) is -1.86. The number of aromatic nitrogens is 1. The van der Waals surface area contributed by atoms with Crippen molar-refractivity contribution in [1.82, 2.24) is 9.88 Å². The third kappa shape index (κ3) is 3.15. The van der Waals surface area contributed by atoms with Crippen LogP contribution in [0.2, 0.25) is 0 Å². The second-order valence-corrected chi connectivity index (χ2v) is 5.45. The fourth-order valence-corrected chi connectivity index (χ4v) is 2.84. The number of pyridine rings is 1. The van der Waals surface area contributed by atoms with Crippen molar-refractivity contribution in [3.8, 4) is 0 Å². The number of aryl methyl sites for hydroxylation is 1. The minimum absolute atomic E-state index is 0.0850. The lowest BCUT2D eigenvalue weighted by Gasteiger charge is -2.23. The van der Waals surface area contributed by atoms with E-state index in [2.05, 4.69) is 4.98 Å². The van der Waals surface area contributed by atoms with E-state index in [0.29, 0.717) is 19.4 Å². The summed E-state index contributed by atoms with van der Waals surface area (Å²) < 4.78 is 0. The number of nitrogens with zero attached hydrogens (tertiary/aromatic N) is 2. The van der Waals surface area contributed by atoms with Gasteiger partial charge in [-0.2, -0.15) is 0 Å². The molecule has 5 nitrogen and oxygen atoms in total. The van der Waals surface area contributed by atoms with Crippen molar-refractivity contribution in [3.63, 3.8) is 0 Å². The monoisotopic (exact) mass is 276 g/mol. The second-order valence-electron chi connectivity index (χ2n) is 5.45. The second kappa shape index (κ2) is 6.03. The number of amides is 1. The van der Waals surface area contributed by atoms with Crippen LogP contribution in [0.3, 0.4) is 0 Å². The van der Waals surface area contributed by atoms with E-state index in [0.717, 1.165) is 17.8 Å². The topological polar surface area (TPSA) is 70.5 Å². The average molecular weight is 276 g/mol. The number of rotatable bonds is 4. The Balaban J connectivity index is 2.03. The van der Waals surface area contributed by atoms with Gasteiger partial charge in [-0.15, -0.1) is 0 Å². The summed E-state index contributed by atoms with van der Waals surface area (Å²) in [5, 5.41) is 9.16. The lowest BCUT2D eigenvalue weighted by molar-refractivity contribution is -0.148. The van der Waals surface area contributed by atoms with Crippen molar-refractivity contribution in [2.45, 2.75) is 32.7 Å².